The fraction of sp³-hybridized carbons (Fsp3) is 1.00. The van der Waals surface area contributed by atoms with E-state index in [1.54, 1.807) is 11.8 Å². The van der Waals surface area contributed by atoms with Crippen molar-refractivity contribution in [1.29, 1.82) is 0 Å². The van der Waals surface area contributed by atoms with E-state index < -0.39 is 18.5 Å². The summed E-state index contributed by atoms with van der Waals surface area (Å²) >= 11 is 1.60. The third-order valence-electron chi connectivity index (χ3n) is 1.83. The molecular weight excluding hydrogens is 211 g/mol. The second kappa shape index (κ2) is 3.63. The Labute approximate surface area is 76.9 Å². The van der Waals surface area contributed by atoms with Gasteiger partial charge in [-0.3, -0.25) is 0 Å². The van der Waals surface area contributed by atoms with Gasteiger partial charge in [0.15, 0.2) is 0 Å². The Kier molecular flexibility index (Phi) is 3.09. The summed E-state index contributed by atoms with van der Waals surface area (Å²) in [4.78, 5) is 0. The molecule has 1 atom stereocenters. The van der Waals surface area contributed by atoms with Crippen LogP contribution in [0.3, 0.4) is 0 Å². The van der Waals surface area contributed by atoms with Crippen LogP contribution in [0, 0.1) is 0 Å². The normalized spacial score (nSPS) is 23.3. The number of rotatable bonds is 4. The quantitative estimate of drug-likeness (QED) is 0.516. The van der Waals surface area contributed by atoms with Gasteiger partial charge in [0, 0.05) is 17.4 Å². The van der Waals surface area contributed by atoms with Crippen molar-refractivity contribution < 1.29 is 22.0 Å². The third-order valence-corrected chi connectivity index (χ3v) is 2.87. The summed E-state index contributed by atoms with van der Waals surface area (Å²) in [6.45, 7) is 0. The van der Waals surface area contributed by atoms with Crippen LogP contribution in [-0.2, 0) is 0 Å². The van der Waals surface area contributed by atoms with E-state index in [1.165, 1.54) is 0 Å². The van der Waals surface area contributed by atoms with Crippen LogP contribution in [0.1, 0.15) is 19.3 Å². The standard InChI is InChI=1S/C7H9F5S/c8-6(9,7(10,11)12)3-1-2-5-4-13-5/h5H,1-4H2. The Hall–Kier alpha value is -0.0000000000000000555. The van der Waals surface area contributed by atoms with Crippen molar-refractivity contribution in [1.82, 2.24) is 0 Å². The molecule has 0 saturated carbocycles. The molecule has 0 bridgehead atoms. The minimum atomic E-state index is -5.39. The summed E-state index contributed by atoms with van der Waals surface area (Å²) in [5, 5.41) is 0.323. The topological polar surface area (TPSA) is 0 Å². The van der Waals surface area contributed by atoms with Gasteiger partial charge < -0.3 is 0 Å². The van der Waals surface area contributed by atoms with Gasteiger partial charge in [0.1, 0.15) is 0 Å². The van der Waals surface area contributed by atoms with Gasteiger partial charge in [-0.25, -0.2) is 0 Å². The average Bonchev–Trinajstić information content (AvgIpc) is 2.68. The second-order valence-corrected chi connectivity index (χ2v) is 4.38. The average molecular weight is 220 g/mol. The number of hydrogen-bond acceptors (Lipinski definition) is 1. The molecule has 0 aromatic carbocycles. The molecule has 0 spiro atoms. The van der Waals surface area contributed by atoms with E-state index in [4.69, 9.17) is 0 Å². The lowest BCUT2D eigenvalue weighted by Crippen LogP contribution is -2.36. The van der Waals surface area contributed by atoms with Gasteiger partial charge in [-0.05, 0) is 12.8 Å². The number of hydrogen-bond donors (Lipinski definition) is 0. The van der Waals surface area contributed by atoms with Crippen molar-refractivity contribution in [2.24, 2.45) is 0 Å². The van der Waals surface area contributed by atoms with Crippen molar-refractivity contribution in [3.8, 4) is 0 Å². The highest BCUT2D eigenvalue weighted by Crippen LogP contribution is 2.41. The highest BCUT2D eigenvalue weighted by atomic mass is 32.2. The molecule has 0 aromatic heterocycles. The molecule has 1 fully saturated rings. The highest BCUT2D eigenvalue weighted by molar-refractivity contribution is 8.06. The predicted octanol–water partition coefficient (Wildman–Crippen LogP) is 3.47. The van der Waals surface area contributed by atoms with Gasteiger partial charge in [-0.15, -0.1) is 0 Å². The monoisotopic (exact) mass is 220 g/mol. The molecule has 13 heavy (non-hydrogen) atoms. The third kappa shape index (κ3) is 3.32. The fourth-order valence-corrected chi connectivity index (χ4v) is 1.56. The first-order valence-corrected chi connectivity index (χ1v) is 4.94. The van der Waals surface area contributed by atoms with Crippen LogP contribution >= 0.6 is 11.8 Å². The first-order valence-electron chi connectivity index (χ1n) is 3.89. The van der Waals surface area contributed by atoms with E-state index in [1.807, 2.05) is 0 Å². The van der Waals surface area contributed by atoms with Gasteiger partial charge >= 0.3 is 12.1 Å². The van der Waals surface area contributed by atoms with Crippen molar-refractivity contribution in [3.63, 3.8) is 0 Å². The Morgan fingerprint density at radius 2 is 1.69 bits per heavy atom. The zero-order valence-electron chi connectivity index (χ0n) is 6.70. The fourth-order valence-electron chi connectivity index (χ4n) is 0.928. The zero-order chi connectivity index (χ0) is 10.1. The molecule has 0 aromatic rings. The van der Waals surface area contributed by atoms with Gasteiger partial charge in [0.2, 0.25) is 0 Å². The van der Waals surface area contributed by atoms with Crippen LogP contribution in [0.2, 0.25) is 0 Å². The van der Waals surface area contributed by atoms with Gasteiger partial charge in [-0.1, -0.05) is 0 Å². The van der Waals surface area contributed by atoms with Crippen LogP contribution < -0.4 is 0 Å². The Morgan fingerprint density at radius 1 is 1.15 bits per heavy atom. The maximum Gasteiger partial charge on any atom is 0.453 e. The molecule has 6 heteroatoms. The molecule has 0 aliphatic carbocycles. The second-order valence-electron chi connectivity index (χ2n) is 3.05. The van der Waals surface area contributed by atoms with E-state index in [0.717, 1.165) is 5.75 Å². The van der Waals surface area contributed by atoms with Crippen molar-refractivity contribution in [2.75, 3.05) is 5.75 Å². The first kappa shape index (κ1) is 11.1. The molecule has 78 valence electrons. The van der Waals surface area contributed by atoms with Crippen LogP contribution in [0.4, 0.5) is 22.0 Å². The molecule has 1 aliphatic heterocycles. The molecule has 1 rings (SSSR count). The van der Waals surface area contributed by atoms with Gasteiger partial charge in [0.25, 0.3) is 0 Å². The van der Waals surface area contributed by atoms with Crippen LogP contribution in [0.5, 0.6) is 0 Å². The summed E-state index contributed by atoms with van der Waals surface area (Å²) in [5.41, 5.74) is 0. The van der Waals surface area contributed by atoms with Crippen LogP contribution in [0.25, 0.3) is 0 Å². The largest absolute Gasteiger partial charge is 0.453 e. The maximum absolute atomic E-state index is 12.3. The zero-order valence-corrected chi connectivity index (χ0v) is 7.52. The minimum absolute atomic E-state index is 0.0514. The summed E-state index contributed by atoms with van der Waals surface area (Å²) in [6, 6.07) is 0. The van der Waals surface area contributed by atoms with Crippen molar-refractivity contribution in [2.45, 2.75) is 36.6 Å². The first-order chi connectivity index (χ1) is 5.83. The Morgan fingerprint density at radius 3 is 2.08 bits per heavy atom. The minimum Gasteiger partial charge on any atom is -0.196 e. The molecule has 1 unspecified atom stereocenters. The smallest absolute Gasteiger partial charge is 0.196 e. The SMILES string of the molecule is FC(F)(F)C(F)(F)CCCC1CS1. The van der Waals surface area contributed by atoms with E-state index in [0.29, 0.717) is 11.7 Å². The highest BCUT2D eigenvalue weighted by Gasteiger charge is 2.56. The summed E-state index contributed by atoms with van der Waals surface area (Å²) in [7, 11) is 0. The number of thioether (sulfide) groups is 1. The molecule has 0 N–H and O–H groups in total. The molecule has 1 aliphatic rings. The molecule has 0 nitrogen and oxygen atoms in total. The Balaban J connectivity index is 2.23. The maximum atomic E-state index is 12.3. The van der Waals surface area contributed by atoms with Gasteiger partial charge in [0.05, 0.1) is 0 Å². The summed E-state index contributed by atoms with van der Waals surface area (Å²) in [6.07, 6.45) is -6.04. The molecule has 0 radical (unpaired) electrons. The Bertz CT molecular complexity index is 172. The lowest BCUT2D eigenvalue weighted by atomic mass is 10.1. The molecule has 0 amide bonds. The lowest BCUT2D eigenvalue weighted by molar-refractivity contribution is -0.284. The van der Waals surface area contributed by atoms with E-state index >= 15 is 0 Å². The lowest BCUT2D eigenvalue weighted by Gasteiger charge is -2.18. The van der Waals surface area contributed by atoms with E-state index in [9.17, 15) is 22.0 Å². The van der Waals surface area contributed by atoms with E-state index in [2.05, 4.69) is 0 Å². The van der Waals surface area contributed by atoms with Crippen molar-refractivity contribution in [3.05, 3.63) is 0 Å². The molecular formula is C7H9F5S. The predicted molar refractivity (Wildman–Crippen MR) is 41.1 cm³/mol. The molecule has 1 saturated heterocycles. The van der Waals surface area contributed by atoms with Crippen molar-refractivity contribution >= 4 is 11.8 Å². The summed E-state index contributed by atoms with van der Waals surface area (Å²) in [5.74, 6) is -3.61. The van der Waals surface area contributed by atoms with Gasteiger partial charge in [-0.2, -0.15) is 33.7 Å². The van der Waals surface area contributed by atoms with Crippen LogP contribution in [0.15, 0.2) is 0 Å². The number of halogens is 5. The molecule has 1 heterocycles. The van der Waals surface area contributed by atoms with Crippen LogP contribution in [-0.4, -0.2) is 23.1 Å². The summed E-state index contributed by atoms with van der Waals surface area (Å²) < 4.78 is 59.4. The number of alkyl halides is 5. The van der Waals surface area contributed by atoms with E-state index in [-0.39, 0.29) is 6.42 Å².